The molecule has 1 atom stereocenters. The van der Waals surface area contributed by atoms with Gasteiger partial charge in [-0.1, -0.05) is 59.9 Å². The van der Waals surface area contributed by atoms with Gasteiger partial charge in [0.2, 0.25) is 0 Å². The van der Waals surface area contributed by atoms with Crippen molar-refractivity contribution in [1.82, 2.24) is 4.57 Å². The van der Waals surface area contributed by atoms with Crippen molar-refractivity contribution in [1.29, 1.82) is 0 Å². The number of hydrogen-bond donors (Lipinski definition) is 0. The maximum Gasteiger partial charge on any atom is 0.338 e. The lowest BCUT2D eigenvalue weighted by Gasteiger charge is -2.24. The monoisotopic (exact) mass is 490 g/mol. The Morgan fingerprint density at radius 1 is 1.12 bits per heavy atom. The number of hydrogen-bond acceptors (Lipinski definition) is 6. The Morgan fingerprint density at radius 3 is 2.59 bits per heavy atom. The van der Waals surface area contributed by atoms with E-state index in [1.54, 1.807) is 19.1 Å². The number of ether oxygens (including phenoxy) is 1. The van der Waals surface area contributed by atoms with Crippen LogP contribution < -0.4 is 14.9 Å². The van der Waals surface area contributed by atoms with E-state index in [9.17, 15) is 14.0 Å². The van der Waals surface area contributed by atoms with Crippen molar-refractivity contribution in [2.45, 2.75) is 19.6 Å². The van der Waals surface area contributed by atoms with Crippen LogP contribution >= 0.6 is 22.7 Å². The smallest absolute Gasteiger partial charge is 0.338 e. The Hall–Kier alpha value is -3.62. The number of rotatable bonds is 5. The second-order valence-corrected chi connectivity index (χ2v) is 9.70. The SMILES string of the molecule is CC1=C(C(=O)OCc2ccccc2)[C@@H](c2ccc(F)cc2)n2c(s/c(=C\c3cccs3)c2=O)=N1. The summed E-state index contributed by atoms with van der Waals surface area (Å²) in [7, 11) is 0. The zero-order valence-electron chi connectivity index (χ0n) is 18.1. The average molecular weight is 491 g/mol. The van der Waals surface area contributed by atoms with Crippen LogP contribution in [0.5, 0.6) is 0 Å². The van der Waals surface area contributed by atoms with Gasteiger partial charge in [-0.3, -0.25) is 9.36 Å². The van der Waals surface area contributed by atoms with Gasteiger partial charge in [-0.05, 0) is 47.7 Å². The van der Waals surface area contributed by atoms with Crippen molar-refractivity contribution in [2.75, 3.05) is 0 Å². The van der Waals surface area contributed by atoms with Crippen molar-refractivity contribution in [2.24, 2.45) is 4.99 Å². The van der Waals surface area contributed by atoms with Crippen LogP contribution in [-0.4, -0.2) is 10.5 Å². The summed E-state index contributed by atoms with van der Waals surface area (Å²) < 4.78 is 21.3. The number of esters is 1. The van der Waals surface area contributed by atoms with Gasteiger partial charge in [0, 0.05) is 4.88 Å². The van der Waals surface area contributed by atoms with Crippen molar-refractivity contribution in [3.8, 4) is 0 Å². The number of carbonyl (C=O) groups is 1. The third-order valence-corrected chi connectivity index (χ3v) is 7.26. The number of carbonyl (C=O) groups excluding carboxylic acids is 1. The Kier molecular flexibility index (Phi) is 6.08. The molecule has 8 heteroatoms. The first-order valence-electron chi connectivity index (χ1n) is 10.5. The standard InChI is InChI=1S/C26H19FN2O3S2/c1-16-22(25(31)32-15-17-6-3-2-4-7-17)23(18-9-11-19(27)12-10-18)29-24(30)21(34-26(29)28-16)14-20-8-5-13-33-20/h2-14,23H,15H2,1H3/b21-14-/t23-/m1/s1. The summed E-state index contributed by atoms with van der Waals surface area (Å²) in [5.41, 5.74) is 1.92. The summed E-state index contributed by atoms with van der Waals surface area (Å²) in [6.07, 6.45) is 1.82. The average Bonchev–Trinajstić information content (AvgIpc) is 3.46. The van der Waals surface area contributed by atoms with E-state index in [4.69, 9.17) is 4.74 Å². The van der Waals surface area contributed by atoms with Gasteiger partial charge in [0.25, 0.3) is 5.56 Å². The van der Waals surface area contributed by atoms with Crippen LogP contribution in [0.3, 0.4) is 0 Å². The molecule has 4 aromatic rings. The predicted octanol–water partition coefficient (Wildman–Crippen LogP) is 4.18. The van der Waals surface area contributed by atoms with Crippen molar-refractivity contribution in [3.63, 3.8) is 0 Å². The van der Waals surface area contributed by atoms with Crippen molar-refractivity contribution < 1.29 is 13.9 Å². The molecule has 5 nitrogen and oxygen atoms in total. The highest BCUT2D eigenvalue weighted by atomic mass is 32.1. The van der Waals surface area contributed by atoms with E-state index in [1.165, 1.54) is 39.4 Å². The first-order valence-corrected chi connectivity index (χ1v) is 12.2. The number of benzene rings is 2. The van der Waals surface area contributed by atoms with E-state index in [1.807, 2.05) is 53.9 Å². The number of fused-ring (bicyclic) bond motifs is 1. The van der Waals surface area contributed by atoms with Gasteiger partial charge in [0.05, 0.1) is 21.8 Å². The van der Waals surface area contributed by atoms with Gasteiger partial charge >= 0.3 is 5.97 Å². The van der Waals surface area contributed by atoms with E-state index in [0.717, 1.165) is 10.4 Å². The van der Waals surface area contributed by atoms with Crippen LogP contribution in [0.1, 0.15) is 29.0 Å². The van der Waals surface area contributed by atoms with Crippen LogP contribution in [0.15, 0.2) is 93.2 Å². The first kappa shape index (κ1) is 22.2. The van der Waals surface area contributed by atoms with Crippen LogP contribution in [0.2, 0.25) is 0 Å². The highest BCUT2D eigenvalue weighted by Gasteiger charge is 2.33. The number of thiophene rings is 1. The Labute approximate surface area is 202 Å². The number of thiazole rings is 1. The number of halogens is 1. The van der Waals surface area contributed by atoms with E-state index >= 15 is 0 Å². The minimum absolute atomic E-state index is 0.0926. The molecule has 0 saturated carbocycles. The fourth-order valence-electron chi connectivity index (χ4n) is 3.85. The van der Waals surface area contributed by atoms with Gasteiger partial charge in [-0.2, -0.15) is 0 Å². The lowest BCUT2D eigenvalue weighted by Crippen LogP contribution is -2.39. The number of nitrogens with zero attached hydrogens (tertiary/aromatic N) is 2. The van der Waals surface area contributed by atoms with E-state index in [0.29, 0.717) is 20.6 Å². The second-order valence-electron chi connectivity index (χ2n) is 7.71. The van der Waals surface area contributed by atoms with E-state index < -0.39 is 17.8 Å². The molecule has 2 aromatic carbocycles. The molecule has 0 unspecified atom stereocenters. The third kappa shape index (κ3) is 4.30. The molecule has 0 N–H and O–H groups in total. The molecule has 0 bridgehead atoms. The van der Waals surface area contributed by atoms with E-state index in [2.05, 4.69) is 4.99 Å². The first-order chi connectivity index (χ1) is 16.5. The van der Waals surface area contributed by atoms with Crippen LogP contribution in [-0.2, 0) is 16.1 Å². The lowest BCUT2D eigenvalue weighted by molar-refractivity contribution is -0.140. The highest BCUT2D eigenvalue weighted by molar-refractivity contribution is 7.11. The maximum atomic E-state index is 13.7. The minimum Gasteiger partial charge on any atom is -0.457 e. The molecule has 0 aliphatic carbocycles. The summed E-state index contributed by atoms with van der Waals surface area (Å²) in [5.74, 6) is -0.963. The molecule has 34 heavy (non-hydrogen) atoms. The molecule has 5 rings (SSSR count). The van der Waals surface area contributed by atoms with E-state index in [-0.39, 0.29) is 17.7 Å². The fourth-order valence-corrected chi connectivity index (χ4v) is 5.62. The molecule has 0 fully saturated rings. The zero-order chi connectivity index (χ0) is 23.7. The van der Waals surface area contributed by atoms with Gasteiger partial charge in [0.1, 0.15) is 12.4 Å². The summed E-state index contributed by atoms with van der Waals surface area (Å²) in [5, 5.41) is 1.94. The Balaban J connectivity index is 1.61. The Bertz CT molecular complexity index is 1550. The second kappa shape index (κ2) is 9.32. The summed E-state index contributed by atoms with van der Waals surface area (Å²) in [6, 6.07) is 18.2. The number of allylic oxidation sites excluding steroid dienone is 1. The van der Waals surface area contributed by atoms with Crippen LogP contribution in [0.4, 0.5) is 4.39 Å². The van der Waals surface area contributed by atoms with Crippen LogP contribution in [0.25, 0.3) is 6.08 Å². The lowest BCUT2D eigenvalue weighted by atomic mass is 9.96. The molecule has 0 amide bonds. The topological polar surface area (TPSA) is 60.7 Å². The molecule has 0 spiro atoms. The van der Waals surface area contributed by atoms with Gasteiger partial charge in [-0.15, -0.1) is 11.3 Å². The predicted molar refractivity (Wildman–Crippen MR) is 131 cm³/mol. The Morgan fingerprint density at radius 2 is 1.88 bits per heavy atom. The largest absolute Gasteiger partial charge is 0.457 e. The summed E-state index contributed by atoms with van der Waals surface area (Å²) in [4.78, 5) is 32.8. The zero-order valence-corrected chi connectivity index (χ0v) is 19.7. The minimum atomic E-state index is -0.773. The summed E-state index contributed by atoms with van der Waals surface area (Å²) >= 11 is 2.79. The summed E-state index contributed by atoms with van der Waals surface area (Å²) in [6.45, 7) is 1.82. The molecule has 0 radical (unpaired) electrons. The van der Waals surface area contributed by atoms with Crippen LogP contribution in [0, 0.1) is 5.82 Å². The molecule has 2 aromatic heterocycles. The normalized spacial score (nSPS) is 15.7. The van der Waals surface area contributed by atoms with Gasteiger partial charge in [-0.25, -0.2) is 14.2 Å². The van der Waals surface area contributed by atoms with Gasteiger partial charge < -0.3 is 4.74 Å². The molecular weight excluding hydrogens is 471 g/mol. The quantitative estimate of drug-likeness (QED) is 0.395. The molecule has 0 saturated heterocycles. The van der Waals surface area contributed by atoms with Gasteiger partial charge in [0.15, 0.2) is 4.80 Å². The highest BCUT2D eigenvalue weighted by Crippen LogP contribution is 2.31. The van der Waals surface area contributed by atoms with Crippen molar-refractivity contribution >= 4 is 34.7 Å². The molecule has 1 aliphatic rings. The molecule has 170 valence electrons. The molecular formula is C26H19FN2O3S2. The number of aromatic nitrogens is 1. The van der Waals surface area contributed by atoms with Crippen molar-refractivity contribution in [3.05, 3.63) is 125 Å². The molecule has 1 aliphatic heterocycles. The fraction of sp³-hybridized carbons (Fsp3) is 0.115. The molecule has 3 heterocycles. The third-order valence-electron chi connectivity index (χ3n) is 5.46. The maximum absolute atomic E-state index is 13.7.